The maximum Gasteiger partial charge on any atom is 0.123 e. The van der Waals surface area contributed by atoms with E-state index in [-0.39, 0.29) is 11.9 Å². The Bertz CT molecular complexity index is 598. The summed E-state index contributed by atoms with van der Waals surface area (Å²) in [6.45, 7) is 2.75. The van der Waals surface area contributed by atoms with Crippen LogP contribution in [0.2, 0.25) is 5.02 Å². The number of benzene rings is 2. The van der Waals surface area contributed by atoms with Crippen molar-refractivity contribution in [3.8, 4) is 0 Å². The zero-order valence-corrected chi connectivity index (χ0v) is 13.3. The van der Waals surface area contributed by atoms with Crippen LogP contribution < -0.4 is 10.2 Å². The van der Waals surface area contributed by atoms with Crippen molar-refractivity contribution in [3.63, 3.8) is 0 Å². The molecule has 0 aliphatic heterocycles. The third-order valence-electron chi connectivity index (χ3n) is 3.72. The van der Waals surface area contributed by atoms with E-state index in [9.17, 15) is 4.39 Å². The summed E-state index contributed by atoms with van der Waals surface area (Å²) >= 11 is 5.93. The Morgan fingerprint density at radius 2 is 1.86 bits per heavy atom. The highest BCUT2D eigenvalue weighted by molar-refractivity contribution is 6.30. The SMILES string of the molecule is CNCc1cc(F)ccc1N(C)C(C)c1ccc(Cl)cc1. The average Bonchev–Trinajstić information content (AvgIpc) is 2.47. The molecule has 0 spiro atoms. The summed E-state index contributed by atoms with van der Waals surface area (Å²) < 4.78 is 13.4. The summed E-state index contributed by atoms with van der Waals surface area (Å²) in [5, 5.41) is 3.81. The van der Waals surface area contributed by atoms with Gasteiger partial charge in [-0.1, -0.05) is 23.7 Å². The Morgan fingerprint density at radius 1 is 1.19 bits per heavy atom. The van der Waals surface area contributed by atoms with Gasteiger partial charge in [0.1, 0.15) is 5.82 Å². The molecular formula is C17H20ClFN2. The fraction of sp³-hybridized carbons (Fsp3) is 0.294. The Hall–Kier alpha value is -1.58. The van der Waals surface area contributed by atoms with E-state index in [1.807, 2.05) is 44.4 Å². The summed E-state index contributed by atoms with van der Waals surface area (Å²) in [5.74, 6) is -0.212. The first kappa shape index (κ1) is 15.8. The fourth-order valence-corrected chi connectivity index (χ4v) is 2.53. The quantitative estimate of drug-likeness (QED) is 0.881. The molecule has 2 nitrogen and oxygen atoms in total. The van der Waals surface area contributed by atoms with Crippen LogP contribution in [-0.2, 0) is 6.54 Å². The highest BCUT2D eigenvalue weighted by Gasteiger charge is 2.15. The van der Waals surface area contributed by atoms with Crippen LogP contribution in [0.5, 0.6) is 0 Å². The van der Waals surface area contributed by atoms with E-state index < -0.39 is 0 Å². The minimum absolute atomic E-state index is 0.170. The first-order valence-electron chi connectivity index (χ1n) is 6.94. The Kier molecular flexibility index (Phi) is 5.21. The van der Waals surface area contributed by atoms with E-state index in [2.05, 4.69) is 17.1 Å². The zero-order valence-electron chi connectivity index (χ0n) is 12.5. The van der Waals surface area contributed by atoms with Gasteiger partial charge in [-0.25, -0.2) is 4.39 Å². The van der Waals surface area contributed by atoms with Crippen molar-refractivity contribution in [2.45, 2.75) is 19.5 Å². The van der Waals surface area contributed by atoms with Gasteiger partial charge in [-0.05, 0) is 55.4 Å². The number of nitrogens with one attached hydrogen (secondary N) is 1. The predicted octanol–water partition coefficient (Wildman–Crippen LogP) is 4.40. The van der Waals surface area contributed by atoms with Crippen LogP contribution in [0.4, 0.5) is 10.1 Å². The lowest BCUT2D eigenvalue weighted by atomic mass is 10.0. The minimum atomic E-state index is -0.212. The molecular weight excluding hydrogens is 287 g/mol. The Morgan fingerprint density at radius 3 is 2.48 bits per heavy atom. The monoisotopic (exact) mass is 306 g/mol. The first-order valence-corrected chi connectivity index (χ1v) is 7.32. The average molecular weight is 307 g/mol. The van der Waals surface area contributed by atoms with E-state index in [0.29, 0.717) is 6.54 Å². The number of anilines is 1. The number of hydrogen-bond donors (Lipinski definition) is 1. The van der Waals surface area contributed by atoms with Crippen LogP contribution in [0.25, 0.3) is 0 Å². The molecule has 21 heavy (non-hydrogen) atoms. The summed E-state index contributed by atoms with van der Waals surface area (Å²) in [7, 11) is 3.88. The number of nitrogens with zero attached hydrogens (tertiary/aromatic N) is 1. The van der Waals surface area contributed by atoms with E-state index in [1.54, 1.807) is 6.07 Å². The molecule has 2 rings (SSSR count). The van der Waals surface area contributed by atoms with Crippen LogP contribution in [0.15, 0.2) is 42.5 Å². The van der Waals surface area contributed by atoms with Crippen molar-refractivity contribution in [1.82, 2.24) is 5.32 Å². The molecule has 0 saturated heterocycles. The Labute approximate surface area is 130 Å². The minimum Gasteiger partial charge on any atom is -0.368 e. The van der Waals surface area contributed by atoms with Gasteiger partial charge in [-0.3, -0.25) is 0 Å². The summed E-state index contributed by atoms with van der Waals surface area (Å²) in [5.41, 5.74) is 3.13. The normalized spacial score (nSPS) is 12.2. The van der Waals surface area contributed by atoms with Crippen LogP contribution in [0, 0.1) is 5.82 Å². The van der Waals surface area contributed by atoms with E-state index in [1.165, 1.54) is 11.6 Å². The molecule has 1 unspecified atom stereocenters. The van der Waals surface area contributed by atoms with Crippen LogP contribution in [-0.4, -0.2) is 14.1 Å². The molecule has 1 atom stereocenters. The van der Waals surface area contributed by atoms with Gasteiger partial charge in [-0.2, -0.15) is 0 Å². The maximum absolute atomic E-state index is 13.4. The lowest BCUT2D eigenvalue weighted by Gasteiger charge is -2.29. The van der Waals surface area contributed by atoms with Gasteiger partial charge in [0.15, 0.2) is 0 Å². The highest BCUT2D eigenvalue weighted by atomic mass is 35.5. The predicted molar refractivity (Wildman–Crippen MR) is 87.4 cm³/mol. The number of hydrogen-bond acceptors (Lipinski definition) is 2. The Balaban J connectivity index is 2.30. The second-order valence-electron chi connectivity index (χ2n) is 5.14. The number of rotatable bonds is 5. The molecule has 0 fully saturated rings. The van der Waals surface area contributed by atoms with E-state index >= 15 is 0 Å². The first-order chi connectivity index (χ1) is 10.0. The lowest BCUT2D eigenvalue weighted by Crippen LogP contribution is -2.23. The van der Waals surface area contributed by atoms with Crippen LogP contribution in [0.1, 0.15) is 24.1 Å². The summed E-state index contributed by atoms with van der Waals surface area (Å²) in [6.07, 6.45) is 0. The van der Waals surface area contributed by atoms with Crippen molar-refractivity contribution in [3.05, 3.63) is 64.4 Å². The lowest BCUT2D eigenvalue weighted by molar-refractivity contribution is 0.622. The van der Waals surface area contributed by atoms with Gasteiger partial charge in [0.05, 0.1) is 6.04 Å². The summed E-state index contributed by atoms with van der Waals surface area (Å²) in [4.78, 5) is 2.15. The largest absolute Gasteiger partial charge is 0.368 e. The van der Waals surface area contributed by atoms with Gasteiger partial charge < -0.3 is 10.2 Å². The number of halogens is 2. The van der Waals surface area contributed by atoms with E-state index in [4.69, 9.17) is 11.6 Å². The van der Waals surface area contributed by atoms with Gasteiger partial charge in [0, 0.05) is 24.3 Å². The molecule has 0 aromatic heterocycles. The van der Waals surface area contributed by atoms with Gasteiger partial charge in [-0.15, -0.1) is 0 Å². The second kappa shape index (κ2) is 6.92. The molecule has 0 aliphatic rings. The molecule has 4 heteroatoms. The molecule has 0 radical (unpaired) electrons. The van der Waals surface area contributed by atoms with Crippen molar-refractivity contribution in [2.75, 3.05) is 19.0 Å². The molecule has 0 amide bonds. The molecule has 0 aliphatic carbocycles. The third-order valence-corrected chi connectivity index (χ3v) is 3.97. The van der Waals surface area contributed by atoms with Crippen molar-refractivity contribution in [1.29, 1.82) is 0 Å². The van der Waals surface area contributed by atoms with Gasteiger partial charge >= 0.3 is 0 Å². The summed E-state index contributed by atoms with van der Waals surface area (Å²) in [6, 6.07) is 12.9. The fourth-order valence-electron chi connectivity index (χ4n) is 2.40. The smallest absolute Gasteiger partial charge is 0.123 e. The van der Waals surface area contributed by atoms with Crippen molar-refractivity contribution in [2.24, 2.45) is 0 Å². The molecule has 0 heterocycles. The molecule has 2 aromatic rings. The highest BCUT2D eigenvalue weighted by Crippen LogP contribution is 2.29. The molecule has 0 saturated carbocycles. The van der Waals surface area contributed by atoms with Gasteiger partial charge in [0.25, 0.3) is 0 Å². The van der Waals surface area contributed by atoms with Crippen LogP contribution in [0.3, 0.4) is 0 Å². The molecule has 1 N–H and O–H groups in total. The maximum atomic E-state index is 13.4. The zero-order chi connectivity index (χ0) is 15.4. The second-order valence-corrected chi connectivity index (χ2v) is 5.58. The molecule has 2 aromatic carbocycles. The molecule has 0 bridgehead atoms. The van der Waals surface area contributed by atoms with E-state index in [0.717, 1.165) is 16.3 Å². The third kappa shape index (κ3) is 3.74. The van der Waals surface area contributed by atoms with Crippen molar-refractivity contribution < 1.29 is 4.39 Å². The standard InChI is InChI=1S/C17H20ClFN2/c1-12(13-4-6-15(18)7-5-13)21(3)17-9-8-16(19)10-14(17)11-20-2/h4-10,12,20H,11H2,1-3H3. The molecule has 112 valence electrons. The topological polar surface area (TPSA) is 15.3 Å². The van der Waals surface area contributed by atoms with Gasteiger partial charge in [0.2, 0.25) is 0 Å². The van der Waals surface area contributed by atoms with Crippen LogP contribution >= 0.6 is 11.6 Å². The van der Waals surface area contributed by atoms with Crippen molar-refractivity contribution >= 4 is 17.3 Å².